The van der Waals surface area contributed by atoms with Crippen molar-refractivity contribution in [1.82, 2.24) is 4.98 Å². The van der Waals surface area contributed by atoms with Crippen molar-refractivity contribution in [3.8, 4) is 17.2 Å². The number of hydrogen-bond acceptors (Lipinski definition) is 4. The number of nitrogens with zero attached hydrogens (tertiary/aromatic N) is 1. The van der Waals surface area contributed by atoms with Crippen molar-refractivity contribution in [3.63, 3.8) is 0 Å². The Morgan fingerprint density at radius 3 is 2.76 bits per heavy atom. The summed E-state index contributed by atoms with van der Waals surface area (Å²) in [6.45, 7) is 1.70. The Morgan fingerprint density at radius 1 is 1.16 bits per heavy atom. The second-order valence-electron chi connectivity index (χ2n) is 5.33. The molecule has 0 aliphatic rings. The number of hydrogen-bond donors (Lipinski definition) is 2. The van der Waals surface area contributed by atoms with Crippen LogP contribution >= 0.6 is 11.6 Å². The van der Waals surface area contributed by atoms with Crippen molar-refractivity contribution < 1.29 is 14.6 Å². The Kier molecular flexibility index (Phi) is 4.86. The molecule has 6 heteroatoms. The average Bonchev–Trinajstić information content (AvgIpc) is 2.59. The van der Waals surface area contributed by atoms with E-state index in [1.54, 1.807) is 61.5 Å². The molecule has 0 unspecified atom stereocenters. The number of ether oxygens (including phenoxy) is 1. The number of halogens is 1. The Labute approximate surface area is 149 Å². The Morgan fingerprint density at radius 2 is 1.96 bits per heavy atom. The number of rotatable bonds is 4. The Bertz CT molecular complexity index is 928. The molecule has 0 aliphatic carbocycles. The molecule has 0 atom stereocenters. The highest BCUT2D eigenvalue weighted by atomic mass is 35.5. The number of aromatic hydroxyl groups is 1. The van der Waals surface area contributed by atoms with Gasteiger partial charge in [-0.1, -0.05) is 29.8 Å². The van der Waals surface area contributed by atoms with Gasteiger partial charge in [-0.25, -0.2) is 4.98 Å². The minimum atomic E-state index is -0.525. The smallest absolute Gasteiger partial charge is 0.278 e. The van der Waals surface area contributed by atoms with Crippen molar-refractivity contribution in [2.24, 2.45) is 0 Å². The summed E-state index contributed by atoms with van der Waals surface area (Å²) in [5, 5.41) is 13.3. The fourth-order valence-electron chi connectivity index (χ4n) is 2.21. The van der Waals surface area contributed by atoms with E-state index in [0.29, 0.717) is 27.8 Å². The first-order valence-corrected chi connectivity index (χ1v) is 7.91. The van der Waals surface area contributed by atoms with Crippen LogP contribution in [0.1, 0.15) is 16.1 Å². The van der Waals surface area contributed by atoms with Crippen LogP contribution in [0.15, 0.2) is 60.8 Å². The van der Waals surface area contributed by atoms with E-state index in [1.165, 1.54) is 6.20 Å². The van der Waals surface area contributed by atoms with Crippen LogP contribution in [0.25, 0.3) is 0 Å². The molecule has 1 heterocycles. The lowest BCUT2D eigenvalue weighted by atomic mass is 10.2. The van der Waals surface area contributed by atoms with Gasteiger partial charge in [-0.2, -0.15) is 0 Å². The summed E-state index contributed by atoms with van der Waals surface area (Å²) in [4.78, 5) is 16.4. The molecular weight excluding hydrogens is 340 g/mol. The third-order valence-corrected chi connectivity index (χ3v) is 3.74. The van der Waals surface area contributed by atoms with Gasteiger partial charge in [0.15, 0.2) is 11.4 Å². The van der Waals surface area contributed by atoms with Gasteiger partial charge >= 0.3 is 0 Å². The molecule has 25 heavy (non-hydrogen) atoms. The van der Waals surface area contributed by atoms with Crippen LogP contribution in [0, 0.1) is 6.92 Å². The lowest BCUT2D eigenvalue weighted by Gasteiger charge is -2.13. The van der Waals surface area contributed by atoms with Gasteiger partial charge < -0.3 is 15.2 Å². The summed E-state index contributed by atoms with van der Waals surface area (Å²) >= 11 is 5.96. The molecule has 0 spiro atoms. The van der Waals surface area contributed by atoms with Crippen LogP contribution in [-0.4, -0.2) is 16.0 Å². The molecule has 0 saturated heterocycles. The quantitative estimate of drug-likeness (QED) is 0.706. The lowest BCUT2D eigenvalue weighted by Crippen LogP contribution is -2.14. The molecule has 1 aromatic heterocycles. The van der Waals surface area contributed by atoms with E-state index < -0.39 is 5.91 Å². The van der Waals surface area contributed by atoms with Crippen LogP contribution in [0.3, 0.4) is 0 Å². The van der Waals surface area contributed by atoms with Crippen LogP contribution < -0.4 is 10.1 Å². The van der Waals surface area contributed by atoms with Crippen LogP contribution in [0.2, 0.25) is 5.02 Å². The summed E-state index contributed by atoms with van der Waals surface area (Å²) in [7, 11) is 0. The zero-order valence-electron chi connectivity index (χ0n) is 13.4. The number of carbonyl (C=O) groups is 1. The van der Waals surface area contributed by atoms with E-state index in [9.17, 15) is 9.90 Å². The Balaban J connectivity index is 1.86. The number of carbonyl (C=O) groups excluding carboxylic acids is 1. The number of anilines is 1. The number of para-hydroxylation sites is 2. The summed E-state index contributed by atoms with van der Waals surface area (Å²) in [6, 6.07) is 15.6. The fourth-order valence-corrected chi connectivity index (χ4v) is 2.39. The molecule has 5 nitrogen and oxygen atoms in total. The van der Waals surface area contributed by atoms with Crippen LogP contribution in [0.4, 0.5) is 5.69 Å². The van der Waals surface area contributed by atoms with Gasteiger partial charge in [-0.3, -0.25) is 4.79 Å². The van der Waals surface area contributed by atoms with Crippen molar-refractivity contribution in [2.45, 2.75) is 6.92 Å². The lowest BCUT2D eigenvalue weighted by molar-refractivity contribution is 0.101. The van der Waals surface area contributed by atoms with Crippen LogP contribution in [0.5, 0.6) is 17.2 Å². The fraction of sp³-hybridized carbons (Fsp3) is 0.0526. The van der Waals surface area contributed by atoms with Crippen molar-refractivity contribution >= 4 is 23.2 Å². The molecule has 0 radical (unpaired) electrons. The average molecular weight is 355 g/mol. The SMILES string of the molecule is Cc1ccnc(C(=O)Nc2ccccc2Oc2cccc(Cl)c2)c1O. The molecule has 1 amide bonds. The zero-order valence-corrected chi connectivity index (χ0v) is 14.1. The second-order valence-corrected chi connectivity index (χ2v) is 5.77. The van der Waals surface area contributed by atoms with Crippen molar-refractivity contribution in [3.05, 3.63) is 77.1 Å². The molecule has 126 valence electrons. The van der Waals surface area contributed by atoms with Gasteiger partial charge in [0.25, 0.3) is 5.91 Å². The highest BCUT2D eigenvalue weighted by Gasteiger charge is 2.16. The van der Waals surface area contributed by atoms with E-state index in [1.807, 2.05) is 0 Å². The highest BCUT2D eigenvalue weighted by Crippen LogP contribution is 2.31. The largest absolute Gasteiger partial charge is 0.505 e. The molecule has 0 aliphatic heterocycles. The van der Waals surface area contributed by atoms with E-state index in [-0.39, 0.29) is 11.4 Å². The second kappa shape index (κ2) is 7.23. The predicted octanol–water partition coefficient (Wildman–Crippen LogP) is 4.79. The van der Waals surface area contributed by atoms with Gasteiger partial charge in [0.2, 0.25) is 0 Å². The molecular formula is C19H15ClN2O3. The third-order valence-electron chi connectivity index (χ3n) is 3.50. The first kappa shape index (κ1) is 16.8. The molecule has 0 saturated carbocycles. The zero-order chi connectivity index (χ0) is 17.8. The van der Waals surface area contributed by atoms with Crippen molar-refractivity contribution in [2.75, 3.05) is 5.32 Å². The maximum Gasteiger partial charge on any atom is 0.278 e. The van der Waals surface area contributed by atoms with Crippen molar-refractivity contribution in [1.29, 1.82) is 0 Å². The van der Waals surface area contributed by atoms with E-state index in [4.69, 9.17) is 16.3 Å². The topological polar surface area (TPSA) is 71.5 Å². The van der Waals surface area contributed by atoms with E-state index in [2.05, 4.69) is 10.3 Å². The number of nitrogens with one attached hydrogen (secondary N) is 1. The first-order valence-electron chi connectivity index (χ1n) is 7.53. The highest BCUT2D eigenvalue weighted by molar-refractivity contribution is 6.30. The van der Waals surface area contributed by atoms with Gasteiger partial charge in [-0.05, 0) is 48.9 Å². The number of aromatic nitrogens is 1. The minimum Gasteiger partial charge on any atom is -0.505 e. The predicted molar refractivity (Wildman–Crippen MR) is 96.6 cm³/mol. The molecule has 3 rings (SSSR count). The maximum absolute atomic E-state index is 12.4. The van der Waals surface area contributed by atoms with E-state index in [0.717, 1.165) is 0 Å². The maximum atomic E-state index is 12.4. The van der Waals surface area contributed by atoms with Gasteiger partial charge in [-0.15, -0.1) is 0 Å². The standard InChI is InChI=1S/C19H15ClN2O3/c1-12-9-10-21-17(18(12)23)19(24)22-15-7-2-3-8-16(15)25-14-6-4-5-13(20)11-14/h2-11,23H,1H3,(H,22,24). The monoisotopic (exact) mass is 354 g/mol. The normalized spacial score (nSPS) is 10.3. The number of amides is 1. The molecule has 3 aromatic rings. The molecule has 2 N–H and O–H groups in total. The van der Waals surface area contributed by atoms with Gasteiger partial charge in [0, 0.05) is 11.2 Å². The molecule has 0 fully saturated rings. The number of aryl methyl sites for hydroxylation is 1. The van der Waals surface area contributed by atoms with Crippen LogP contribution in [-0.2, 0) is 0 Å². The summed E-state index contributed by atoms with van der Waals surface area (Å²) in [6.07, 6.45) is 1.47. The van der Waals surface area contributed by atoms with Gasteiger partial charge in [0.05, 0.1) is 5.69 Å². The molecule has 0 bridgehead atoms. The van der Waals surface area contributed by atoms with E-state index >= 15 is 0 Å². The summed E-state index contributed by atoms with van der Waals surface area (Å²) < 4.78 is 5.80. The Hall–Kier alpha value is -3.05. The summed E-state index contributed by atoms with van der Waals surface area (Å²) in [5.41, 5.74) is 0.983. The van der Waals surface area contributed by atoms with Gasteiger partial charge in [0.1, 0.15) is 11.5 Å². The summed E-state index contributed by atoms with van der Waals surface area (Å²) in [5.74, 6) is 0.326. The number of pyridine rings is 1. The molecule has 2 aromatic carbocycles. The third kappa shape index (κ3) is 3.89. The first-order chi connectivity index (χ1) is 12.0. The number of benzene rings is 2. The minimum absolute atomic E-state index is 0.0439.